The van der Waals surface area contributed by atoms with Gasteiger partial charge in [-0.15, -0.1) is 0 Å². The number of carbonyl (C=O) groups is 2. The molecule has 0 unspecified atom stereocenters. The highest BCUT2D eigenvalue weighted by Crippen LogP contribution is 2.14. The summed E-state index contributed by atoms with van der Waals surface area (Å²) in [5.41, 5.74) is 5.70. The zero-order chi connectivity index (χ0) is 14.4. The number of amides is 2. The second-order valence-electron chi connectivity index (χ2n) is 3.78. The first-order chi connectivity index (χ1) is 8.93. The van der Waals surface area contributed by atoms with Gasteiger partial charge in [0, 0.05) is 18.5 Å². The van der Waals surface area contributed by atoms with Gasteiger partial charge < -0.3 is 10.5 Å². The summed E-state index contributed by atoms with van der Waals surface area (Å²) in [5.74, 6) is -0.513. The maximum absolute atomic E-state index is 11.9. The molecule has 104 valence electrons. The van der Waals surface area contributed by atoms with Crippen molar-refractivity contribution in [1.82, 2.24) is 5.06 Å². The van der Waals surface area contributed by atoms with E-state index in [9.17, 15) is 9.59 Å². The predicted octanol–water partition coefficient (Wildman–Crippen LogP) is 1.37. The van der Waals surface area contributed by atoms with E-state index in [0.29, 0.717) is 5.02 Å². The highest BCUT2D eigenvalue weighted by atomic mass is 35.5. The van der Waals surface area contributed by atoms with Gasteiger partial charge in [0.25, 0.3) is 5.91 Å². The standard InChI is InChI=1S/C12H15ClN2O4/c1-15(18-2)11(16)10(19-12(14)17)7-8-4-3-5-9(13)6-8/h3-6,10H,7H2,1-2H3,(H2,14,17)/t10-/m0/s1. The monoisotopic (exact) mass is 286 g/mol. The summed E-state index contributed by atoms with van der Waals surface area (Å²) in [7, 11) is 2.75. The zero-order valence-electron chi connectivity index (χ0n) is 10.6. The lowest BCUT2D eigenvalue weighted by molar-refractivity contribution is -0.177. The van der Waals surface area contributed by atoms with Gasteiger partial charge in [-0.25, -0.2) is 9.86 Å². The number of primary amides is 1. The molecular weight excluding hydrogens is 272 g/mol. The molecule has 1 aromatic rings. The number of likely N-dealkylation sites (N-methyl/N-ethyl adjacent to an activating group) is 1. The smallest absolute Gasteiger partial charge is 0.405 e. The van der Waals surface area contributed by atoms with Crippen molar-refractivity contribution in [2.75, 3.05) is 14.2 Å². The van der Waals surface area contributed by atoms with Crippen LogP contribution in [0.5, 0.6) is 0 Å². The molecule has 0 radical (unpaired) electrons. The number of hydrogen-bond donors (Lipinski definition) is 1. The topological polar surface area (TPSA) is 81.9 Å². The third-order valence-electron chi connectivity index (χ3n) is 2.43. The number of rotatable bonds is 5. The molecule has 1 aromatic carbocycles. The molecule has 0 spiro atoms. The fraction of sp³-hybridized carbons (Fsp3) is 0.333. The Labute approximate surface area is 116 Å². The van der Waals surface area contributed by atoms with Gasteiger partial charge in [0.15, 0.2) is 6.10 Å². The fourth-order valence-electron chi connectivity index (χ4n) is 1.49. The van der Waals surface area contributed by atoms with Gasteiger partial charge in [-0.1, -0.05) is 23.7 Å². The van der Waals surface area contributed by atoms with Crippen LogP contribution in [0.25, 0.3) is 0 Å². The van der Waals surface area contributed by atoms with Crippen molar-refractivity contribution < 1.29 is 19.2 Å². The summed E-state index contributed by atoms with van der Waals surface area (Å²) in [6, 6.07) is 6.89. The van der Waals surface area contributed by atoms with E-state index < -0.39 is 18.1 Å². The summed E-state index contributed by atoms with van der Waals surface area (Å²) < 4.78 is 4.80. The molecule has 0 fully saturated rings. The van der Waals surface area contributed by atoms with E-state index >= 15 is 0 Å². The van der Waals surface area contributed by atoms with Gasteiger partial charge in [-0.05, 0) is 17.7 Å². The van der Waals surface area contributed by atoms with Crippen LogP contribution < -0.4 is 5.73 Å². The Morgan fingerprint density at radius 1 is 1.47 bits per heavy atom. The highest BCUT2D eigenvalue weighted by molar-refractivity contribution is 6.30. The number of benzene rings is 1. The van der Waals surface area contributed by atoms with Crippen LogP contribution in [0.2, 0.25) is 5.02 Å². The number of halogens is 1. The molecule has 2 amide bonds. The Morgan fingerprint density at radius 2 is 2.16 bits per heavy atom. The molecule has 0 aliphatic rings. The van der Waals surface area contributed by atoms with Crippen LogP contribution in [0.4, 0.5) is 4.79 Å². The van der Waals surface area contributed by atoms with E-state index in [4.69, 9.17) is 26.9 Å². The number of nitrogens with zero attached hydrogens (tertiary/aromatic N) is 1. The molecule has 19 heavy (non-hydrogen) atoms. The molecule has 6 nitrogen and oxygen atoms in total. The third-order valence-corrected chi connectivity index (χ3v) is 2.66. The number of hydroxylamine groups is 2. The van der Waals surface area contributed by atoms with E-state index in [1.807, 2.05) is 0 Å². The van der Waals surface area contributed by atoms with Gasteiger partial charge >= 0.3 is 6.09 Å². The van der Waals surface area contributed by atoms with Crippen LogP contribution >= 0.6 is 11.6 Å². The first kappa shape index (κ1) is 15.3. The molecule has 0 heterocycles. The molecule has 0 bridgehead atoms. The normalized spacial score (nSPS) is 11.7. The largest absolute Gasteiger partial charge is 0.436 e. The van der Waals surface area contributed by atoms with Crippen molar-refractivity contribution in [3.8, 4) is 0 Å². The Bertz CT molecular complexity index is 467. The minimum atomic E-state index is -1.05. The Balaban J connectivity index is 2.85. The Kier molecular flexibility index (Phi) is 5.59. The SMILES string of the molecule is CON(C)C(=O)[C@H](Cc1cccc(Cl)c1)OC(N)=O. The van der Waals surface area contributed by atoms with Crippen LogP contribution in [0, 0.1) is 0 Å². The van der Waals surface area contributed by atoms with Crippen molar-refractivity contribution >= 4 is 23.6 Å². The van der Waals surface area contributed by atoms with Crippen molar-refractivity contribution in [2.24, 2.45) is 5.73 Å². The van der Waals surface area contributed by atoms with Crippen LogP contribution in [-0.4, -0.2) is 37.3 Å². The minimum Gasteiger partial charge on any atom is -0.436 e. The average molecular weight is 287 g/mol. The van der Waals surface area contributed by atoms with Crippen LogP contribution in [-0.2, 0) is 20.8 Å². The molecule has 0 saturated carbocycles. The van der Waals surface area contributed by atoms with Gasteiger partial charge in [-0.2, -0.15) is 0 Å². The van der Waals surface area contributed by atoms with Crippen LogP contribution in [0.15, 0.2) is 24.3 Å². The lowest BCUT2D eigenvalue weighted by atomic mass is 10.1. The highest BCUT2D eigenvalue weighted by Gasteiger charge is 2.26. The molecule has 2 N–H and O–H groups in total. The van der Waals surface area contributed by atoms with Gasteiger partial charge in [0.1, 0.15) is 0 Å². The predicted molar refractivity (Wildman–Crippen MR) is 69.4 cm³/mol. The van der Waals surface area contributed by atoms with Gasteiger partial charge in [0.2, 0.25) is 0 Å². The average Bonchev–Trinajstić information content (AvgIpc) is 2.35. The number of hydrogen-bond acceptors (Lipinski definition) is 4. The van der Waals surface area contributed by atoms with E-state index in [1.54, 1.807) is 24.3 Å². The number of carbonyl (C=O) groups excluding carboxylic acids is 2. The van der Waals surface area contributed by atoms with E-state index in [1.165, 1.54) is 14.2 Å². The third kappa shape index (κ3) is 4.76. The molecular formula is C12H15ClN2O4. The van der Waals surface area contributed by atoms with Crippen molar-refractivity contribution in [3.63, 3.8) is 0 Å². The minimum absolute atomic E-state index is 0.163. The quantitative estimate of drug-likeness (QED) is 0.829. The van der Waals surface area contributed by atoms with E-state index in [0.717, 1.165) is 10.6 Å². The lowest BCUT2D eigenvalue weighted by Crippen LogP contribution is -2.40. The molecule has 0 aromatic heterocycles. The zero-order valence-corrected chi connectivity index (χ0v) is 11.4. The van der Waals surface area contributed by atoms with Gasteiger partial charge in [0.05, 0.1) is 7.11 Å². The number of ether oxygens (including phenoxy) is 1. The summed E-state index contributed by atoms with van der Waals surface area (Å²) >= 11 is 5.85. The Hall–Kier alpha value is -1.79. The summed E-state index contributed by atoms with van der Waals surface area (Å²) in [4.78, 5) is 27.5. The molecule has 0 aliphatic heterocycles. The van der Waals surface area contributed by atoms with Crippen molar-refractivity contribution in [1.29, 1.82) is 0 Å². The molecule has 0 saturated heterocycles. The lowest BCUT2D eigenvalue weighted by Gasteiger charge is -2.21. The van der Waals surface area contributed by atoms with E-state index in [-0.39, 0.29) is 6.42 Å². The van der Waals surface area contributed by atoms with Crippen LogP contribution in [0.3, 0.4) is 0 Å². The van der Waals surface area contributed by atoms with Gasteiger partial charge in [-0.3, -0.25) is 9.63 Å². The maximum atomic E-state index is 11.9. The Morgan fingerprint density at radius 3 is 2.68 bits per heavy atom. The van der Waals surface area contributed by atoms with E-state index in [2.05, 4.69) is 0 Å². The maximum Gasteiger partial charge on any atom is 0.405 e. The van der Waals surface area contributed by atoms with Crippen LogP contribution in [0.1, 0.15) is 5.56 Å². The first-order valence-corrected chi connectivity index (χ1v) is 5.84. The van der Waals surface area contributed by atoms with Crippen molar-refractivity contribution in [3.05, 3.63) is 34.9 Å². The molecule has 1 rings (SSSR count). The van der Waals surface area contributed by atoms with Crippen molar-refractivity contribution in [2.45, 2.75) is 12.5 Å². The number of nitrogens with two attached hydrogens (primary N) is 1. The first-order valence-electron chi connectivity index (χ1n) is 5.46. The second kappa shape index (κ2) is 6.96. The molecule has 0 aliphatic carbocycles. The summed E-state index contributed by atoms with van der Waals surface area (Å²) in [6.07, 6.45) is -1.92. The molecule has 7 heteroatoms. The second-order valence-corrected chi connectivity index (χ2v) is 4.21. The summed E-state index contributed by atoms with van der Waals surface area (Å²) in [5, 5.41) is 1.50. The molecule has 1 atom stereocenters. The fourth-order valence-corrected chi connectivity index (χ4v) is 1.70. The summed E-state index contributed by atoms with van der Waals surface area (Å²) in [6.45, 7) is 0.